The van der Waals surface area contributed by atoms with E-state index in [4.69, 9.17) is 4.74 Å². The van der Waals surface area contributed by atoms with Gasteiger partial charge in [-0.05, 0) is 37.0 Å². The van der Waals surface area contributed by atoms with E-state index in [-0.39, 0.29) is 11.9 Å². The lowest BCUT2D eigenvalue weighted by atomic mass is 10.0. The van der Waals surface area contributed by atoms with Gasteiger partial charge in [0.05, 0.1) is 13.2 Å². The minimum Gasteiger partial charge on any atom is -0.497 e. The molecule has 0 aliphatic rings. The third-order valence-electron chi connectivity index (χ3n) is 3.05. The molecule has 0 fully saturated rings. The summed E-state index contributed by atoms with van der Waals surface area (Å²) in [6.07, 6.45) is 3.44. The van der Waals surface area contributed by atoms with Gasteiger partial charge in [-0.25, -0.2) is 0 Å². The number of methoxy groups -OCH3 is 1. The summed E-state index contributed by atoms with van der Waals surface area (Å²) in [6.45, 7) is 2.08. The van der Waals surface area contributed by atoms with Crippen LogP contribution in [0.25, 0.3) is 0 Å². The first kappa shape index (κ1) is 16.0. The van der Waals surface area contributed by atoms with Gasteiger partial charge in [0.1, 0.15) is 5.75 Å². The number of benzene rings is 1. The van der Waals surface area contributed by atoms with Gasteiger partial charge in [0, 0.05) is 11.8 Å². The fourth-order valence-electron chi connectivity index (χ4n) is 1.90. The van der Waals surface area contributed by atoms with Gasteiger partial charge in [-0.3, -0.25) is 4.79 Å². The number of unbranched alkanes of at least 4 members (excludes halogenated alkanes) is 1. The summed E-state index contributed by atoms with van der Waals surface area (Å²) in [7, 11) is 1.65. The average molecular weight is 328 g/mol. The Morgan fingerprint density at radius 1 is 1.32 bits per heavy atom. The van der Waals surface area contributed by atoms with E-state index in [1.807, 2.05) is 24.3 Å². The monoisotopic (exact) mass is 327 g/mol. The van der Waals surface area contributed by atoms with Crippen LogP contribution in [0.2, 0.25) is 0 Å². The number of carbonyl (C=O) groups excluding carboxylic acids is 1. The lowest BCUT2D eigenvalue weighted by Gasteiger charge is -2.17. The number of ether oxygens (including phenoxy) is 1. The van der Waals surface area contributed by atoms with Gasteiger partial charge in [-0.2, -0.15) is 0 Å². The Balaban J connectivity index is 2.54. The molecule has 0 saturated carbocycles. The molecule has 19 heavy (non-hydrogen) atoms. The largest absolute Gasteiger partial charge is 0.497 e. The second-order valence-corrected chi connectivity index (χ2v) is 5.24. The van der Waals surface area contributed by atoms with Crippen LogP contribution in [0.1, 0.15) is 44.2 Å². The van der Waals surface area contributed by atoms with Crippen molar-refractivity contribution in [3.63, 3.8) is 0 Å². The van der Waals surface area contributed by atoms with Crippen LogP contribution in [0.5, 0.6) is 5.75 Å². The van der Waals surface area contributed by atoms with E-state index in [0.29, 0.717) is 6.42 Å². The minimum atomic E-state index is 0.0855. The molecule has 0 saturated heterocycles. The zero-order valence-corrected chi connectivity index (χ0v) is 13.2. The fourth-order valence-corrected chi connectivity index (χ4v) is 2.30. The Hall–Kier alpha value is -1.03. The molecule has 3 nitrogen and oxygen atoms in total. The maximum absolute atomic E-state index is 11.8. The van der Waals surface area contributed by atoms with Gasteiger partial charge in [0.25, 0.3) is 0 Å². The van der Waals surface area contributed by atoms with Crippen molar-refractivity contribution in [3.8, 4) is 5.75 Å². The van der Waals surface area contributed by atoms with Gasteiger partial charge in [0.15, 0.2) is 0 Å². The van der Waals surface area contributed by atoms with Crippen molar-refractivity contribution in [2.24, 2.45) is 0 Å². The predicted molar refractivity (Wildman–Crippen MR) is 81.8 cm³/mol. The van der Waals surface area contributed by atoms with Crippen LogP contribution in [0.4, 0.5) is 0 Å². The standard InChI is InChI=1S/C15H22BrNO2/c1-3-14(17-15(18)6-4-5-11-16)12-7-9-13(19-2)10-8-12/h7-10,14H,3-6,11H2,1-2H3,(H,17,18). The first-order valence-electron chi connectivity index (χ1n) is 6.70. The number of carbonyl (C=O) groups is 1. The summed E-state index contributed by atoms with van der Waals surface area (Å²) >= 11 is 3.37. The molecule has 0 spiro atoms. The van der Waals surface area contributed by atoms with Crippen molar-refractivity contribution in [2.45, 2.75) is 38.6 Å². The zero-order chi connectivity index (χ0) is 14.1. The maximum Gasteiger partial charge on any atom is 0.220 e. The molecule has 0 aliphatic heterocycles. The summed E-state index contributed by atoms with van der Waals surface area (Å²) in [5.41, 5.74) is 1.12. The van der Waals surface area contributed by atoms with E-state index in [2.05, 4.69) is 28.2 Å². The van der Waals surface area contributed by atoms with Gasteiger partial charge < -0.3 is 10.1 Å². The minimum absolute atomic E-state index is 0.0855. The lowest BCUT2D eigenvalue weighted by Crippen LogP contribution is -2.27. The Kier molecular flexibility index (Phi) is 7.56. The number of amides is 1. The van der Waals surface area contributed by atoms with Crippen molar-refractivity contribution in [3.05, 3.63) is 29.8 Å². The second kappa shape index (κ2) is 8.97. The summed E-state index contributed by atoms with van der Waals surface area (Å²) in [5, 5.41) is 4.04. The number of rotatable bonds is 8. The molecular formula is C15H22BrNO2. The topological polar surface area (TPSA) is 38.3 Å². The molecule has 0 radical (unpaired) electrons. The molecule has 1 N–H and O–H groups in total. The normalized spacial score (nSPS) is 11.9. The smallest absolute Gasteiger partial charge is 0.220 e. The zero-order valence-electron chi connectivity index (χ0n) is 11.6. The quantitative estimate of drug-likeness (QED) is 0.582. The number of hydrogen-bond acceptors (Lipinski definition) is 2. The summed E-state index contributed by atoms with van der Waals surface area (Å²) in [6, 6.07) is 7.95. The molecule has 0 bridgehead atoms. The molecule has 1 aromatic carbocycles. The van der Waals surface area contributed by atoms with Crippen molar-refractivity contribution >= 4 is 21.8 Å². The van der Waals surface area contributed by atoms with Gasteiger partial charge >= 0.3 is 0 Å². The number of hydrogen-bond donors (Lipinski definition) is 1. The highest BCUT2D eigenvalue weighted by Crippen LogP contribution is 2.20. The van der Waals surface area contributed by atoms with Crippen LogP contribution >= 0.6 is 15.9 Å². The van der Waals surface area contributed by atoms with Gasteiger partial charge in [0.2, 0.25) is 5.91 Å². The third kappa shape index (κ3) is 5.64. The highest BCUT2D eigenvalue weighted by Gasteiger charge is 2.12. The lowest BCUT2D eigenvalue weighted by molar-refractivity contribution is -0.122. The SMILES string of the molecule is CCC(NC(=O)CCCCBr)c1ccc(OC)cc1. The van der Waals surface area contributed by atoms with Crippen LogP contribution in [0, 0.1) is 0 Å². The van der Waals surface area contributed by atoms with E-state index < -0.39 is 0 Å². The van der Waals surface area contributed by atoms with Crippen LogP contribution in [-0.2, 0) is 4.79 Å². The van der Waals surface area contributed by atoms with Gasteiger partial charge in [-0.15, -0.1) is 0 Å². The summed E-state index contributed by atoms with van der Waals surface area (Å²) in [5.74, 6) is 0.964. The van der Waals surface area contributed by atoms with Crippen molar-refractivity contribution in [1.29, 1.82) is 0 Å². The molecule has 106 valence electrons. The highest BCUT2D eigenvalue weighted by atomic mass is 79.9. The van der Waals surface area contributed by atoms with Crippen molar-refractivity contribution < 1.29 is 9.53 Å². The van der Waals surface area contributed by atoms with E-state index in [1.54, 1.807) is 7.11 Å². The molecule has 1 atom stereocenters. The first-order chi connectivity index (χ1) is 9.21. The van der Waals surface area contributed by atoms with E-state index in [1.165, 1.54) is 0 Å². The van der Waals surface area contributed by atoms with Crippen LogP contribution in [0.15, 0.2) is 24.3 Å². The van der Waals surface area contributed by atoms with Crippen molar-refractivity contribution in [2.75, 3.05) is 12.4 Å². The van der Waals surface area contributed by atoms with Crippen LogP contribution in [-0.4, -0.2) is 18.3 Å². The molecule has 1 amide bonds. The molecule has 0 heterocycles. The first-order valence-corrected chi connectivity index (χ1v) is 7.82. The fraction of sp³-hybridized carbons (Fsp3) is 0.533. The number of halogens is 1. The Morgan fingerprint density at radius 2 is 2.00 bits per heavy atom. The van der Waals surface area contributed by atoms with E-state index >= 15 is 0 Å². The molecule has 1 rings (SSSR count). The third-order valence-corrected chi connectivity index (χ3v) is 3.61. The molecular weight excluding hydrogens is 306 g/mol. The van der Waals surface area contributed by atoms with Crippen molar-refractivity contribution in [1.82, 2.24) is 5.32 Å². The Bertz CT molecular complexity index is 378. The maximum atomic E-state index is 11.8. The Labute approximate surface area is 123 Å². The molecule has 1 unspecified atom stereocenters. The average Bonchev–Trinajstić information content (AvgIpc) is 2.45. The number of alkyl halides is 1. The van der Waals surface area contributed by atoms with Gasteiger partial charge in [-0.1, -0.05) is 35.0 Å². The van der Waals surface area contributed by atoms with Crippen LogP contribution < -0.4 is 10.1 Å². The molecule has 4 heteroatoms. The Morgan fingerprint density at radius 3 is 2.53 bits per heavy atom. The summed E-state index contributed by atoms with van der Waals surface area (Å²) in [4.78, 5) is 11.8. The van der Waals surface area contributed by atoms with Crippen LogP contribution in [0.3, 0.4) is 0 Å². The predicted octanol–water partition coefficient (Wildman–Crippen LogP) is 3.83. The van der Waals surface area contributed by atoms with E-state index in [0.717, 1.165) is 35.9 Å². The highest BCUT2D eigenvalue weighted by molar-refractivity contribution is 9.09. The molecule has 0 aromatic heterocycles. The molecule has 1 aromatic rings. The molecule has 0 aliphatic carbocycles. The second-order valence-electron chi connectivity index (χ2n) is 4.45. The summed E-state index contributed by atoms with van der Waals surface area (Å²) < 4.78 is 5.14. The number of nitrogens with one attached hydrogen (secondary N) is 1. The van der Waals surface area contributed by atoms with E-state index in [9.17, 15) is 4.79 Å².